The van der Waals surface area contributed by atoms with E-state index >= 15 is 0 Å². The summed E-state index contributed by atoms with van der Waals surface area (Å²) in [6.45, 7) is 1.84. The standard InChI is InChI=1S/C23H17BrN2O6S/c1-15-3-9-20(10-4-15)33(29,30)32-23-21(24)12-16(13-22(23)31-2)11-18(14-25)17-5-7-19(8-6-17)26(27)28/h3-13H,1-2H3/b18-11+. The molecule has 8 nitrogen and oxygen atoms in total. The molecule has 0 radical (unpaired) electrons. The largest absolute Gasteiger partial charge is 0.493 e. The molecule has 0 aliphatic heterocycles. The Morgan fingerprint density at radius 3 is 2.30 bits per heavy atom. The number of methoxy groups -OCH3 is 1. The third-order valence-corrected chi connectivity index (χ3v) is 6.40. The first-order valence-electron chi connectivity index (χ1n) is 9.40. The Labute approximate surface area is 199 Å². The van der Waals surface area contributed by atoms with Crippen LogP contribution in [-0.2, 0) is 10.1 Å². The first kappa shape index (κ1) is 24.0. The summed E-state index contributed by atoms with van der Waals surface area (Å²) >= 11 is 3.31. The third kappa shape index (κ3) is 5.58. The van der Waals surface area contributed by atoms with Crippen LogP contribution in [0.25, 0.3) is 11.6 Å². The molecular weight excluding hydrogens is 512 g/mol. The number of rotatable bonds is 7. The molecule has 168 valence electrons. The molecule has 0 atom stereocenters. The van der Waals surface area contributed by atoms with Gasteiger partial charge in [0.2, 0.25) is 0 Å². The van der Waals surface area contributed by atoms with Crippen LogP contribution >= 0.6 is 15.9 Å². The van der Waals surface area contributed by atoms with Gasteiger partial charge < -0.3 is 8.92 Å². The number of non-ortho nitro benzene ring substituents is 1. The van der Waals surface area contributed by atoms with Gasteiger partial charge in [-0.05, 0) is 76.5 Å². The zero-order chi connectivity index (χ0) is 24.2. The number of benzene rings is 3. The first-order valence-corrected chi connectivity index (χ1v) is 11.6. The lowest BCUT2D eigenvalue weighted by Crippen LogP contribution is -2.11. The van der Waals surface area contributed by atoms with Gasteiger partial charge in [-0.15, -0.1) is 0 Å². The monoisotopic (exact) mass is 528 g/mol. The maximum absolute atomic E-state index is 12.7. The summed E-state index contributed by atoms with van der Waals surface area (Å²) in [5.74, 6) is 0.0939. The molecule has 3 rings (SSSR count). The summed E-state index contributed by atoms with van der Waals surface area (Å²) < 4.78 is 36.4. The van der Waals surface area contributed by atoms with Crippen molar-refractivity contribution >= 4 is 43.4 Å². The summed E-state index contributed by atoms with van der Waals surface area (Å²) in [4.78, 5) is 10.3. The van der Waals surface area contributed by atoms with Crippen molar-refractivity contribution in [2.24, 2.45) is 0 Å². The highest BCUT2D eigenvalue weighted by atomic mass is 79.9. The van der Waals surface area contributed by atoms with Crippen LogP contribution in [0.3, 0.4) is 0 Å². The van der Waals surface area contributed by atoms with Crippen LogP contribution in [0.1, 0.15) is 16.7 Å². The van der Waals surface area contributed by atoms with Crippen molar-refractivity contribution in [1.29, 1.82) is 5.26 Å². The van der Waals surface area contributed by atoms with Crippen LogP contribution in [-0.4, -0.2) is 20.5 Å². The molecule has 0 spiro atoms. The molecule has 10 heteroatoms. The van der Waals surface area contributed by atoms with Crippen molar-refractivity contribution in [2.75, 3.05) is 7.11 Å². The van der Waals surface area contributed by atoms with Gasteiger partial charge in [0.05, 0.1) is 28.1 Å². The molecule has 3 aromatic carbocycles. The summed E-state index contributed by atoms with van der Waals surface area (Å²) in [5, 5.41) is 20.4. The van der Waals surface area contributed by atoms with E-state index in [0.717, 1.165) is 5.56 Å². The first-order chi connectivity index (χ1) is 15.6. The summed E-state index contributed by atoms with van der Waals surface area (Å²) in [7, 11) is -2.75. The van der Waals surface area contributed by atoms with Crippen LogP contribution in [0.2, 0.25) is 0 Å². The van der Waals surface area contributed by atoms with Gasteiger partial charge in [-0.1, -0.05) is 17.7 Å². The minimum absolute atomic E-state index is 0.00374. The van der Waals surface area contributed by atoms with E-state index in [0.29, 0.717) is 15.6 Å². The van der Waals surface area contributed by atoms with E-state index < -0.39 is 15.0 Å². The number of nitro groups is 1. The second kappa shape index (κ2) is 9.85. The fraction of sp³-hybridized carbons (Fsp3) is 0.0870. The molecule has 3 aromatic rings. The normalized spacial score (nSPS) is 11.5. The van der Waals surface area contributed by atoms with Crippen molar-refractivity contribution in [3.05, 3.63) is 91.9 Å². The molecule has 0 N–H and O–H groups in total. The van der Waals surface area contributed by atoms with Gasteiger partial charge in [-0.3, -0.25) is 10.1 Å². The predicted molar refractivity (Wildman–Crippen MR) is 126 cm³/mol. The Kier molecular flexibility index (Phi) is 7.16. The molecule has 0 aliphatic carbocycles. The highest BCUT2D eigenvalue weighted by Gasteiger charge is 2.22. The average molecular weight is 529 g/mol. The second-order valence-electron chi connectivity index (χ2n) is 6.86. The summed E-state index contributed by atoms with van der Waals surface area (Å²) in [6, 6.07) is 17.0. The quantitative estimate of drug-likeness (QED) is 0.130. The van der Waals surface area contributed by atoms with Gasteiger partial charge >= 0.3 is 10.1 Å². The smallest absolute Gasteiger partial charge is 0.339 e. The van der Waals surface area contributed by atoms with E-state index in [1.165, 1.54) is 49.6 Å². The Morgan fingerprint density at radius 2 is 1.76 bits per heavy atom. The molecule has 0 unspecified atom stereocenters. The summed E-state index contributed by atoms with van der Waals surface area (Å²) in [5.41, 5.74) is 2.08. The average Bonchev–Trinajstić information content (AvgIpc) is 2.79. The van der Waals surface area contributed by atoms with Crippen molar-refractivity contribution in [3.8, 4) is 17.6 Å². The SMILES string of the molecule is COc1cc(/C=C(\C#N)c2ccc([N+](=O)[O-])cc2)cc(Br)c1OS(=O)(=O)c1ccc(C)cc1. The number of hydrogen-bond acceptors (Lipinski definition) is 7. The number of nitriles is 1. The number of allylic oxidation sites excluding steroid dienone is 1. The molecule has 0 bridgehead atoms. The number of nitro benzene ring substituents is 1. The van der Waals surface area contributed by atoms with E-state index in [-0.39, 0.29) is 27.7 Å². The third-order valence-electron chi connectivity index (χ3n) is 4.58. The van der Waals surface area contributed by atoms with Crippen molar-refractivity contribution in [3.63, 3.8) is 0 Å². The van der Waals surface area contributed by atoms with Gasteiger partial charge in [-0.25, -0.2) is 0 Å². The zero-order valence-electron chi connectivity index (χ0n) is 17.5. The maximum Gasteiger partial charge on any atom is 0.339 e. The fourth-order valence-corrected chi connectivity index (χ4v) is 4.48. The fourth-order valence-electron chi connectivity index (χ4n) is 2.88. The van der Waals surface area contributed by atoms with Crippen LogP contribution in [0, 0.1) is 28.4 Å². The van der Waals surface area contributed by atoms with Crippen molar-refractivity contribution < 1.29 is 22.3 Å². The van der Waals surface area contributed by atoms with Gasteiger partial charge in [-0.2, -0.15) is 13.7 Å². The van der Waals surface area contributed by atoms with Crippen LogP contribution in [0.4, 0.5) is 5.69 Å². The van der Waals surface area contributed by atoms with Gasteiger partial charge in [0, 0.05) is 12.1 Å². The van der Waals surface area contributed by atoms with E-state index in [4.69, 9.17) is 8.92 Å². The second-order valence-corrected chi connectivity index (χ2v) is 9.26. The lowest BCUT2D eigenvalue weighted by atomic mass is 10.0. The van der Waals surface area contributed by atoms with Crippen LogP contribution < -0.4 is 8.92 Å². The number of nitrogens with zero attached hydrogens (tertiary/aromatic N) is 2. The molecule has 0 saturated heterocycles. The lowest BCUT2D eigenvalue weighted by Gasteiger charge is -2.14. The zero-order valence-corrected chi connectivity index (χ0v) is 19.9. The minimum atomic E-state index is -4.11. The number of aryl methyl sites for hydroxylation is 1. The van der Waals surface area contributed by atoms with E-state index in [1.807, 2.05) is 6.92 Å². The Bertz CT molecular complexity index is 1380. The van der Waals surface area contributed by atoms with Gasteiger partial charge in [0.15, 0.2) is 11.5 Å². The van der Waals surface area contributed by atoms with E-state index in [9.17, 15) is 23.8 Å². The Balaban J connectivity index is 1.97. The van der Waals surface area contributed by atoms with Crippen LogP contribution in [0.5, 0.6) is 11.5 Å². The molecular formula is C23H17BrN2O6S. The van der Waals surface area contributed by atoms with E-state index in [2.05, 4.69) is 22.0 Å². The molecule has 0 aliphatic rings. The highest BCUT2D eigenvalue weighted by molar-refractivity contribution is 9.10. The predicted octanol–water partition coefficient (Wildman–Crippen LogP) is 5.51. The molecule has 0 aromatic heterocycles. The number of halogens is 1. The van der Waals surface area contributed by atoms with E-state index in [1.54, 1.807) is 24.3 Å². The highest BCUT2D eigenvalue weighted by Crippen LogP contribution is 2.39. The van der Waals surface area contributed by atoms with Gasteiger partial charge in [0.1, 0.15) is 4.90 Å². The molecule has 0 amide bonds. The Hall–Kier alpha value is -3.68. The van der Waals surface area contributed by atoms with Gasteiger partial charge in [0.25, 0.3) is 5.69 Å². The topological polar surface area (TPSA) is 120 Å². The molecule has 0 saturated carbocycles. The van der Waals surface area contributed by atoms with Crippen LogP contribution in [0.15, 0.2) is 70.0 Å². The minimum Gasteiger partial charge on any atom is -0.493 e. The number of ether oxygens (including phenoxy) is 1. The maximum atomic E-state index is 12.7. The molecule has 0 fully saturated rings. The lowest BCUT2D eigenvalue weighted by molar-refractivity contribution is -0.384. The molecule has 33 heavy (non-hydrogen) atoms. The Morgan fingerprint density at radius 1 is 1.12 bits per heavy atom. The summed E-state index contributed by atoms with van der Waals surface area (Å²) in [6.07, 6.45) is 1.55. The van der Waals surface area contributed by atoms with Crippen molar-refractivity contribution in [1.82, 2.24) is 0 Å². The van der Waals surface area contributed by atoms with Crippen molar-refractivity contribution in [2.45, 2.75) is 11.8 Å². The molecule has 0 heterocycles. The number of hydrogen-bond donors (Lipinski definition) is 0.